The molecule has 2 unspecified atom stereocenters. The highest BCUT2D eigenvalue weighted by atomic mass is 32.2. The molecule has 0 fully saturated rings. The van der Waals surface area contributed by atoms with Crippen molar-refractivity contribution in [3.63, 3.8) is 0 Å². The molecule has 0 aliphatic carbocycles. The number of rotatable bonds is 12. The Bertz CT molecular complexity index is 828. The van der Waals surface area contributed by atoms with E-state index in [0.717, 1.165) is 7.11 Å². The van der Waals surface area contributed by atoms with E-state index in [1.54, 1.807) is 13.0 Å². The Morgan fingerprint density at radius 2 is 1.77 bits per heavy atom. The molecule has 0 spiro atoms. The van der Waals surface area contributed by atoms with Gasteiger partial charge in [-0.05, 0) is 38.3 Å². The summed E-state index contributed by atoms with van der Waals surface area (Å²) in [5.41, 5.74) is 0.0845. The first-order chi connectivity index (χ1) is 13.6. The van der Waals surface area contributed by atoms with Crippen LogP contribution in [0, 0.1) is 5.92 Å². The number of hydrogen-bond donors (Lipinski definition) is 1. The molecule has 0 aliphatic heterocycles. The van der Waals surface area contributed by atoms with Gasteiger partial charge < -0.3 is 19.6 Å². The Morgan fingerprint density at radius 3 is 2.33 bits per heavy atom. The van der Waals surface area contributed by atoms with Gasteiger partial charge in [-0.15, -0.1) is 0 Å². The van der Waals surface area contributed by atoms with Crippen LogP contribution in [0.15, 0.2) is 29.2 Å². The zero-order chi connectivity index (χ0) is 22.0. The Morgan fingerprint density at radius 1 is 1.13 bits per heavy atom. The van der Waals surface area contributed by atoms with E-state index in [1.807, 2.05) is 0 Å². The Balaban J connectivity index is 0. The lowest BCUT2D eigenvalue weighted by Crippen LogP contribution is -2.24. The third kappa shape index (κ3) is 9.02. The second kappa shape index (κ2) is 13.1. The summed E-state index contributed by atoms with van der Waals surface area (Å²) in [5, 5.41) is 2.54. The van der Waals surface area contributed by atoms with E-state index in [2.05, 4.69) is 9.50 Å². The lowest BCUT2D eigenvalue weighted by Gasteiger charge is -2.17. The summed E-state index contributed by atoms with van der Waals surface area (Å²) in [6.07, 6.45) is -0.322. The molecule has 0 aromatic heterocycles. The molecule has 0 saturated carbocycles. The predicted molar refractivity (Wildman–Crippen MR) is 114 cm³/mol. The number of hydrogen-bond acceptors (Lipinski definition) is 8. The van der Waals surface area contributed by atoms with Crippen molar-refractivity contribution in [2.24, 2.45) is 5.92 Å². The van der Waals surface area contributed by atoms with Gasteiger partial charge >= 0.3 is 5.97 Å². The van der Waals surface area contributed by atoms with E-state index in [0.29, 0.717) is 6.42 Å². The molecule has 0 heterocycles. The van der Waals surface area contributed by atoms with E-state index < -0.39 is 28.1 Å². The van der Waals surface area contributed by atoms with Crippen LogP contribution in [-0.4, -0.2) is 53.0 Å². The third-order valence-electron chi connectivity index (χ3n) is 4.16. The van der Waals surface area contributed by atoms with Crippen LogP contribution >= 0.6 is 0 Å². The van der Waals surface area contributed by atoms with Gasteiger partial charge in [-0.2, -0.15) is 8.42 Å². The maximum absolute atomic E-state index is 12.4. The first kappa shape index (κ1) is 27.7. The first-order valence-corrected chi connectivity index (χ1v) is 10.4. The largest absolute Gasteiger partial charge is 0.464 e. The van der Waals surface area contributed by atoms with Gasteiger partial charge in [0.25, 0.3) is 10.1 Å². The molecule has 1 aromatic carbocycles. The summed E-state index contributed by atoms with van der Waals surface area (Å²) in [6.45, 7) is 2.99. The summed E-state index contributed by atoms with van der Waals surface area (Å²) >= 11 is 0. The highest BCUT2D eigenvalue weighted by Crippen LogP contribution is 2.23. The summed E-state index contributed by atoms with van der Waals surface area (Å²) in [7, 11) is -1.58. The zero-order valence-electron chi connectivity index (χ0n) is 17.0. The van der Waals surface area contributed by atoms with Crippen LogP contribution in [0.2, 0.25) is 0 Å². The molecule has 0 radical (unpaired) electrons. The normalized spacial score (nSPS) is 12.9. The van der Waals surface area contributed by atoms with Crippen molar-refractivity contribution in [2.45, 2.75) is 51.5 Å². The van der Waals surface area contributed by atoms with Gasteiger partial charge in [-0.3, -0.25) is 8.98 Å². The van der Waals surface area contributed by atoms with Crippen molar-refractivity contribution in [1.82, 2.24) is 0 Å². The van der Waals surface area contributed by atoms with Crippen molar-refractivity contribution in [2.75, 3.05) is 26.1 Å². The zero-order valence-corrected chi connectivity index (χ0v) is 17.8. The van der Waals surface area contributed by atoms with Crippen LogP contribution in [0.4, 0.5) is 5.69 Å². The molecule has 0 bridgehead atoms. The predicted octanol–water partition coefficient (Wildman–Crippen LogP) is 2.80. The standard InChI is InChI=1S/C19H27NO8S.CH4.H2/c1-13(21)11-15(9-10-28-19(23)14(2)26-3)12-18(22)20-16-7-5-6-8-17(16)29(24,25)27-4;;/h5-8,14-15H,9-12H2,1-4H3,(H,20,22);1H4;1H. The first-order valence-electron chi connectivity index (χ1n) is 8.99. The molecule has 0 saturated heterocycles. The third-order valence-corrected chi connectivity index (χ3v) is 5.49. The second-order valence-corrected chi connectivity index (χ2v) is 8.16. The number of ketones is 1. The summed E-state index contributed by atoms with van der Waals surface area (Å²) in [4.78, 5) is 35.4. The molecule has 10 heteroatoms. The van der Waals surface area contributed by atoms with E-state index >= 15 is 0 Å². The van der Waals surface area contributed by atoms with Gasteiger partial charge in [0.2, 0.25) is 5.91 Å². The summed E-state index contributed by atoms with van der Waals surface area (Å²) in [5.74, 6) is -1.48. The number of methoxy groups -OCH3 is 1. The van der Waals surface area contributed by atoms with Crippen molar-refractivity contribution in [3.8, 4) is 0 Å². The van der Waals surface area contributed by atoms with E-state index in [9.17, 15) is 22.8 Å². The van der Waals surface area contributed by atoms with Crippen molar-refractivity contribution < 1.29 is 37.9 Å². The fourth-order valence-corrected chi connectivity index (χ4v) is 3.38. The fraction of sp³-hybridized carbons (Fsp3) is 0.550. The molecular formula is C20H33NO8S. The van der Waals surface area contributed by atoms with Gasteiger partial charge in [0.15, 0.2) is 6.10 Å². The van der Waals surface area contributed by atoms with E-state index in [4.69, 9.17) is 9.47 Å². The molecule has 2 atom stereocenters. The Hall–Kier alpha value is -2.30. The minimum atomic E-state index is -3.99. The number of Topliss-reactive ketones (excluding diaryl/α,β-unsaturated/α-hetero) is 1. The number of amides is 1. The fourth-order valence-electron chi connectivity index (χ4n) is 2.56. The average molecular weight is 448 g/mol. The van der Waals surface area contributed by atoms with Crippen LogP contribution in [0.3, 0.4) is 0 Å². The van der Waals surface area contributed by atoms with Crippen molar-refractivity contribution in [3.05, 3.63) is 24.3 Å². The van der Waals surface area contributed by atoms with Crippen LogP contribution in [0.5, 0.6) is 0 Å². The van der Waals surface area contributed by atoms with Gasteiger partial charge in [0.05, 0.1) is 19.4 Å². The molecule has 1 aromatic rings. The molecule has 1 N–H and O–H groups in total. The lowest BCUT2D eigenvalue weighted by atomic mass is 9.95. The Labute approximate surface area is 179 Å². The number of carbonyl (C=O) groups is 3. The number of anilines is 1. The second-order valence-electron chi connectivity index (χ2n) is 6.48. The molecule has 30 heavy (non-hydrogen) atoms. The van der Waals surface area contributed by atoms with Crippen molar-refractivity contribution >= 4 is 33.5 Å². The van der Waals surface area contributed by atoms with Crippen LogP contribution in [0.1, 0.15) is 42.0 Å². The monoisotopic (exact) mass is 447 g/mol. The quantitative estimate of drug-likeness (QED) is 0.383. The van der Waals surface area contributed by atoms with E-state index in [-0.39, 0.29) is 50.6 Å². The number of nitrogens with one attached hydrogen (secondary N) is 1. The molecule has 1 rings (SSSR count). The number of carbonyl (C=O) groups excluding carboxylic acids is 3. The minimum absolute atomic E-state index is 0. The molecule has 9 nitrogen and oxygen atoms in total. The molecule has 0 aliphatic rings. The summed E-state index contributed by atoms with van der Waals surface area (Å²) < 4.78 is 38.4. The van der Waals surface area contributed by atoms with Gasteiger partial charge in [-0.25, -0.2) is 4.79 Å². The Kier molecular flexibility index (Phi) is 12.1. The SMILES string of the molecule is C.COC(C)C(=O)OCCC(CC(C)=O)CC(=O)Nc1ccccc1S(=O)(=O)OC.[HH]. The molecular weight excluding hydrogens is 414 g/mol. The molecule has 172 valence electrons. The van der Waals surface area contributed by atoms with Gasteiger partial charge in [0.1, 0.15) is 10.7 Å². The highest BCUT2D eigenvalue weighted by Gasteiger charge is 2.22. The maximum Gasteiger partial charge on any atom is 0.334 e. The lowest BCUT2D eigenvalue weighted by molar-refractivity contribution is -0.154. The summed E-state index contributed by atoms with van der Waals surface area (Å²) in [6, 6.07) is 5.85. The van der Waals surface area contributed by atoms with Gasteiger partial charge in [-0.1, -0.05) is 19.6 Å². The topological polar surface area (TPSA) is 125 Å². The van der Waals surface area contributed by atoms with Gasteiger partial charge in [0, 0.05) is 21.4 Å². The molecule has 1 amide bonds. The minimum Gasteiger partial charge on any atom is -0.464 e. The average Bonchev–Trinajstić information content (AvgIpc) is 2.66. The van der Waals surface area contributed by atoms with Crippen LogP contribution < -0.4 is 5.32 Å². The number of para-hydroxylation sites is 1. The number of esters is 1. The number of benzene rings is 1. The van der Waals surface area contributed by atoms with Crippen LogP contribution in [0.25, 0.3) is 0 Å². The smallest absolute Gasteiger partial charge is 0.334 e. The van der Waals surface area contributed by atoms with Crippen LogP contribution in [-0.2, 0) is 38.2 Å². The highest BCUT2D eigenvalue weighted by molar-refractivity contribution is 7.87. The van der Waals surface area contributed by atoms with E-state index in [1.165, 1.54) is 32.2 Å². The van der Waals surface area contributed by atoms with Crippen molar-refractivity contribution in [1.29, 1.82) is 0 Å². The maximum atomic E-state index is 12.4. The number of ether oxygens (including phenoxy) is 2.